The highest BCUT2D eigenvalue weighted by atomic mass is 16.5. The largest absolute Gasteiger partial charge is 0.493 e. The van der Waals surface area contributed by atoms with Crippen LogP contribution in [-0.4, -0.2) is 49.6 Å². The Balaban J connectivity index is 1.34. The molecule has 0 aliphatic rings. The van der Waals surface area contributed by atoms with Crippen LogP contribution >= 0.6 is 0 Å². The van der Waals surface area contributed by atoms with Crippen LogP contribution in [0, 0.1) is 11.3 Å². The Bertz CT molecular complexity index is 1330. The maximum atomic E-state index is 12.7. The highest BCUT2D eigenvalue weighted by molar-refractivity contribution is 5.94. The van der Waals surface area contributed by atoms with Gasteiger partial charge in [-0.3, -0.25) is 4.79 Å². The SMILES string of the molecule is CN(C)CCCOc1ccccc1-c1ccc(C(=O)NCCc2ccc3[nH]cc(C#N)c3c2)cc1. The molecular formula is C29H30N4O2. The molecule has 0 spiro atoms. The number of aromatic nitrogens is 1. The number of carbonyl (C=O) groups excluding carboxylic acids is 1. The Morgan fingerprint density at radius 2 is 1.89 bits per heavy atom. The van der Waals surface area contributed by atoms with Crippen LogP contribution in [0.4, 0.5) is 0 Å². The predicted molar refractivity (Wildman–Crippen MR) is 140 cm³/mol. The van der Waals surface area contributed by atoms with Crippen molar-refractivity contribution >= 4 is 16.8 Å². The average molecular weight is 467 g/mol. The Kier molecular flexibility index (Phi) is 7.81. The summed E-state index contributed by atoms with van der Waals surface area (Å²) in [7, 11) is 4.11. The summed E-state index contributed by atoms with van der Waals surface area (Å²) in [5, 5.41) is 13.1. The van der Waals surface area contributed by atoms with Gasteiger partial charge >= 0.3 is 0 Å². The van der Waals surface area contributed by atoms with Crippen molar-refractivity contribution in [3.8, 4) is 22.9 Å². The first-order valence-electron chi connectivity index (χ1n) is 11.8. The Morgan fingerprint density at radius 1 is 1.09 bits per heavy atom. The van der Waals surface area contributed by atoms with E-state index < -0.39 is 0 Å². The van der Waals surface area contributed by atoms with Crippen molar-refractivity contribution in [1.82, 2.24) is 15.2 Å². The van der Waals surface area contributed by atoms with E-state index in [4.69, 9.17) is 4.74 Å². The molecule has 4 rings (SSSR count). The molecule has 6 nitrogen and oxygen atoms in total. The molecule has 178 valence electrons. The van der Waals surface area contributed by atoms with E-state index in [0.29, 0.717) is 30.7 Å². The van der Waals surface area contributed by atoms with E-state index in [1.165, 1.54) is 0 Å². The molecule has 35 heavy (non-hydrogen) atoms. The topological polar surface area (TPSA) is 81.2 Å². The van der Waals surface area contributed by atoms with Gasteiger partial charge in [0.2, 0.25) is 0 Å². The van der Waals surface area contributed by atoms with Crippen LogP contribution in [0.15, 0.2) is 72.9 Å². The summed E-state index contributed by atoms with van der Waals surface area (Å²) in [6.07, 6.45) is 3.36. The molecule has 0 fully saturated rings. The lowest BCUT2D eigenvalue weighted by molar-refractivity contribution is 0.0954. The number of hydrogen-bond donors (Lipinski definition) is 2. The number of nitrogens with one attached hydrogen (secondary N) is 2. The molecule has 0 atom stereocenters. The fourth-order valence-corrected chi connectivity index (χ4v) is 4.03. The van der Waals surface area contributed by atoms with Gasteiger partial charge in [-0.2, -0.15) is 5.26 Å². The monoisotopic (exact) mass is 466 g/mol. The van der Waals surface area contributed by atoms with Crippen LogP contribution in [0.1, 0.15) is 27.9 Å². The average Bonchev–Trinajstić information content (AvgIpc) is 3.29. The molecule has 0 saturated heterocycles. The van der Waals surface area contributed by atoms with Crippen LogP contribution in [0.25, 0.3) is 22.0 Å². The standard InChI is InChI=1S/C29H30N4O2/c1-33(2)16-5-17-35-28-7-4-3-6-25(28)22-9-11-23(12-10-22)29(34)31-15-14-21-8-13-27-26(18-21)24(19-30)20-32-27/h3-4,6-13,18,20,32H,5,14-17H2,1-2H3,(H,31,34). The third-order valence-electron chi connectivity index (χ3n) is 5.92. The Morgan fingerprint density at radius 3 is 2.66 bits per heavy atom. The molecule has 1 heterocycles. The minimum atomic E-state index is -0.106. The zero-order valence-electron chi connectivity index (χ0n) is 20.2. The molecule has 0 radical (unpaired) electrons. The lowest BCUT2D eigenvalue weighted by atomic mass is 10.0. The third-order valence-corrected chi connectivity index (χ3v) is 5.92. The Hall–Kier alpha value is -4.08. The first-order chi connectivity index (χ1) is 17.0. The number of nitrogens with zero attached hydrogens (tertiary/aromatic N) is 2. The number of aromatic amines is 1. The molecule has 2 N–H and O–H groups in total. The quantitative estimate of drug-likeness (QED) is 0.322. The molecule has 0 bridgehead atoms. The molecule has 0 aliphatic carbocycles. The predicted octanol–water partition coefficient (Wildman–Crippen LogP) is 5.01. The fraction of sp³-hybridized carbons (Fsp3) is 0.241. The molecule has 0 unspecified atom stereocenters. The number of ether oxygens (including phenoxy) is 1. The van der Waals surface area contributed by atoms with Crippen molar-refractivity contribution < 1.29 is 9.53 Å². The number of rotatable bonds is 10. The number of amides is 1. The van der Waals surface area contributed by atoms with Gasteiger partial charge in [-0.15, -0.1) is 0 Å². The number of benzene rings is 3. The third kappa shape index (κ3) is 6.08. The van der Waals surface area contributed by atoms with E-state index in [1.54, 1.807) is 6.20 Å². The molecule has 1 amide bonds. The summed E-state index contributed by atoms with van der Waals surface area (Å²) >= 11 is 0. The second-order valence-corrected chi connectivity index (χ2v) is 8.78. The normalized spacial score (nSPS) is 10.9. The van der Waals surface area contributed by atoms with Crippen molar-refractivity contribution in [2.45, 2.75) is 12.8 Å². The van der Waals surface area contributed by atoms with E-state index in [9.17, 15) is 10.1 Å². The molecule has 1 aromatic heterocycles. The van der Waals surface area contributed by atoms with E-state index in [2.05, 4.69) is 35.4 Å². The zero-order valence-corrected chi connectivity index (χ0v) is 20.2. The second-order valence-electron chi connectivity index (χ2n) is 8.78. The van der Waals surface area contributed by atoms with Gasteiger partial charge in [-0.05, 0) is 68.4 Å². The summed E-state index contributed by atoms with van der Waals surface area (Å²) in [6, 6.07) is 23.8. The zero-order chi connectivity index (χ0) is 24.6. The van der Waals surface area contributed by atoms with Crippen molar-refractivity contribution in [3.63, 3.8) is 0 Å². The molecular weight excluding hydrogens is 436 g/mol. The highest BCUT2D eigenvalue weighted by Gasteiger charge is 2.10. The van der Waals surface area contributed by atoms with Gasteiger partial charge in [0, 0.05) is 41.3 Å². The van der Waals surface area contributed by atoms with E-state index in [-0.39, 0.29) is 5.91 Å². The number of carbonyl (C=O) groups is 1. The van der Waals surface area contributed by atoms with Gasteiger partial charge in [0.05, 0.1) is 12.2 Å². The number of para-hydroxylation sites is 1. The van der Waals surface area contributed by atoms with Gasteiger partial charge in [-0.1, -0.05) is 36.4 Å². The van der Waals surface area contributed by atoms with Crippen molar-refractivity contribution in [2.24, 2.45) is 0 Å². The van der Waals surface area contributed by atoms with E-state index in [1.807, 2.05) is 66.7 Å². The lowest BCUT2D eigenvalue weighted by Crippen LogP contribution is -2.25. The smallest absolute Gasteiger partial charge is 0.251 e. The maximum Gasteiger partial charge on any atom is 0.251 e. The fourth-order valence-electron chi connectivity index (χ4n) is 4.03. The molecule has 6 heteroatoms. The second kappa shape index (κ2) is 11.4. The van der Waals surface area contributed by atoms with Gasteiger partial charge < -0.3 is 19.9 Å². The number of H-pyrrole nitrogens is 1. The van der Waals surface area contributed by atoms with Crippen molar-refractivity contribution in [3.05, 3.63) is 89.6 Å². The van der Waals surface area contributed by atoms with Crippen LogP contribution in [0.3, 0.4) is 0 Å². The lowest BCUT2D eigenvalue weighted by Gasteiger charge is -2.14. The van der Waals surface area contributed by atoms with E-state index >= 15 is 0 Å². The summed E-state index contributed by atoms with van der Waals surface area (Å²) in [4.78, 5) is 17.9. The number of fused-ring (bicyclic) bond motifs is 1. The van der Waals surface area contributed by atoms with Gasteiger partial charge in [0.25, 0.3) is 5.91 Å². The summed E-state index contributed by atoms with van der Waals surface area (Å²) in [6.45, 7) is 2.15. The van der Waals surface area contributed by atoms with Gasteiger partial charge in [-0.25, -0.2) is 0 Å². The Labute approximate surface area is 206 Å². The highest BCUT2D eigenvalue weighted by Crippen LogP contribution is 2.30. The van der Waals surface area contributed by atoms with Crippen LogP contribution in [0.5, 0.6) is 5.75 Å². The number of hydrogen-bond acceptors (Lipinski definition) is 4. The molecule has 0 aliphatic heterocycles. The summed E-state index contributed by atoms with van der Waals surface area (Å²) in [5.41, 5.74) is 5.29. The molecule has 4 aromatic rings. The van der Waals surface area contributed by atoms with Crippen molar-refractivity contribution in [1.29, 1.82) is 5.26 Å². The minimum Gasteiger partial charge on any atom is -0.493 e. The first kappa shape index (κ1) is 24.1. The summed E-state index contributed by atoms with van der Waals surface area (Å²) in [5.74, 6) is 0.743. The maximum absolute atomic E-state index is 12.7. The summed E-state index contributed by atoms with van der Waals surface area (Å²) < 4.78 is 6.03. The molecule has 3 aromatic carbocycles. The van der Waals surface area contributed by atoms with E-state index in [0.717, 1.165) is 46.3 Å². The van der Waals surface area contributed by atoms with Crippen LogP contribution < -0.4 is 10.1 Å². The van der Waals surface area contributed by atoms with Gasteiger partial charge in [0.1, 0.15) is 11.8 Å². The van der Waals surface area contributed by atoms with Crippen LogP contribution in [0.2, 0.25) is 0 Å². The van der Waals surface area contributed by atoms with Gasteiger partial charge in [0.15, 0.2) is 0 Å². The number of nitriles is 1. The minimum absolute atomic E-state index is 0.106. The first-order valence-corrected chi connectivity index (χ1v) is 11.8. The molecule has 0 saturated carbocycles. The van der Waals surface area contributed by atoms with Crippen LogP contribution in [-0.2, 0) is 6.42 Å². The van der Waals surface area contributed by atoms with Crippen molar-refractivity contribution in [2.75, 3.05) is 33.8 Å².